The number of morpholine rings is 1. The van der Waals surface area contributed by atoms with E-state index in [0.717, 1.165) is 29.9 Å². The molecule has 0 aliphatic carbocycles. The van der Waals surface area contributed by atoms with Crippen molar-refractivity contribution in [1.82, 2.24) is 0 Å². The average Bonchev–Trinajstić information content (AvgIpc) is 2.57. The van der Waals surface area contributed by atoms with E-state index >= 15 is 0 Å². The van der Waals surface area contributed by atoms with Crippen LogP contribution in [0.15, 0.2) is 48.5 Å². The van der Waals surface area contributed by atoms with Crippen molar-refractivity contribution in [2.75, 3.05) is 29.3 Å². The number of nitrogens with zero attached hydrogens (tertiary/aromatic N) is 1. The first-order chi connectivity index (χ1) is 11.9. The highest BCUT2D eigenvalue weighted by Gasteiger charge is 2.17. The molecule has 1 aliphatic heterocycles. The molecule has 6 heteroatoms. The maximum absolute atomic E-state index is 12.3. The van der Waals surface area contributed by atoms with Crippen LogP contribution >= 0.6 is 0 Å². The molecule has 0 amide bonds. The van der Waals surface area contributed by atoms with E-state index in [2.05, 4.69) is 16.5 Å². The van der Waals surface area contributed by atoms with Crippen molar-refractivity contribution in [2.24, 2.45) is 0 Å². The smallest absolute Gasteiger partial charge is 0.236 e. The number of ether oxygens (including phenoxy) is 1. The van der Waals surface area contributed by atoms with Gasteiger partial charge in [-0.25, -0.2) is 8.42 Å². The second-order valence-electron chi connectivity index (χ2n) is 6.52. The Morgan fingerprint density at radius 1 is 1.12 bits per heavy atom. The predicted octanol–water partition coefficient (Wildman–Crippen LogP) is 3.16. The van der Waals surface area contributed by atoms with Gasteiger partial charge in [0.1, 0.15) is 0 Å². The van der Waals surface area contributed by atoms with Gasteiger partial charge in [0.25, 0.3) is 0 Å². The molecule has 25 heavy (non-hydrogen) atoms. The van der Waals surface area contributed by atoms with E-state index in [1.807, 2.05) is 55.5 Å². The Kier molecular flexibility index (Phi) is 5.30. The summed E-state index contributed by atoms with van der Waals surface area (Å²) in [6.45, 7) is 6.44. The summed E-state index contributed by atoms with van der Waals surface area (Å²) in [4.78, 5) is 2.25. The van der Waals surface area contributed by atoms with Gasteiger partial charge in [-0.1, -0.05) is 29.8 Å². The van der Waals surface area contributed by atoms with Crippen LogP contribution in [0.5, 0.6) is 0 Å². The number of anilines is 2. The van der Waals surface area contributed by atoms with Gasteiger partial charge in [-0.3, -0.25) is 4.72 Å². The largest absolute Gasteiger partial charge is 0.375 e. The zero-order valence-electron chi connectivity index (χ0n) is 14.6. The molecule has 0 radical (unpaired) electrons. The fraction of sp³-hybridized carbons (Fsp3) is 0.368. The number of hydrogen-bond donors (Lipinski definition) is 1. The molecule has 3 rings (SSSR count). The molecule has 0 bridgehead atoms. The number of rotatable bonds is 5. The molecule has 1 atom stereocenters. The molecule has 0 spiro atoms. The molecule has 1 aliphatic rings. The van der Waals surface area contributed by atoms with E-state index in [-0.39, 0.29) is 11.9 Å². The minimum atomic E-state index is -3.43. The van der Waals surface area contributed by atoms with Gasteiger partial charge in [-0.2, -0.15) is 0 Å². The zero-order valence-corrected chi connectivity index (χ0v) is 15.4. The Bertz CT molecular complexity index is 802. The topological polar surface area (TPSA) is 58.6 Å². The first-order valence-electron chi connectivity index (χ1n) is 8.44. The van der Waals surface area contributed by atoms with E-state index < -0.39 is 10.0 Å². The van der Waals surface area contributed by atoms with Crippen LogP contribution < -0.4 is 9.62 Å². The predicted molar refractivity (Wildman–Crippen MR) is 101 cm³/mol. The summed E-state index contributed by atoms with van der Waals surface area (Å²) < 4.78 is 32.9. The standard InChI is InChI=1S/C19H24N2O3S/c1-15-3-5-17(6-4-15)14-25(22,23)20-18-7-9-19(10-8-18)21-11-12-24-16(2)13-21/h3-10,16,20H,11-14H2,1-2H3. The van der Waals surface area contributed by atoms with Crippen LogP contribution in [-0.4, -0.2) is 34.2 Å². The summed E-state index contributed by atoms with van der Waals surface area (Å²) >= 11 is 0. The van der Waals surface area contributed by atoms with Crippen LogP contribution in [0.25, 0.3) is 0 Å². The van der Waals surface area contributed by atoms with Gasteiger partial charge >= 0.3 is 0 Å². The van der Waals surface area contributed by atoms with Crippen LogP contribution in [0.2, 0.25) is 0 Å². The highest BCUT2D eigenvalue weighted by atomic mass is 32.2. The number of aryl methyl sites for hydroxylation is 1. The molecule has 1 unspecified atom stereocenters. The van der Waals surface area contributed by atoms with Crippen LogP contribution in [0.4, 0.5) is 11.4 Å². The van der Waals surface area contributed by atoms with Gasteiger partial charge in [0.05, 0.1) is 18.5 Å². The Morgan fingerprint density at radius 2 is 1.80 bits per heavy atom. The van der Waals surface area contributed by atoms with Gasteiger partial charge in [-0.05, 0) is 43.7 Å². The lowest BCUT2D eigenvalue weighted by Gasteiger charge is -2.33. The molecular weight excluding hydrogens is 336 g/mol. The summed E-state index contributed by atoms with van der Waals surface area (Å²) in [6, 6.07) is 15.0. The zero-order chi connectivity index (χ0) is 17.9. The molecule has 1 heterocycles. The van der Waals surface area contributed by atoms with E-state index in [1.165, 1.54) is 0 Å². The van der Waals surface area contributed by atoms with Crippen molar-refractivity contribution in [3.05, 3.63) is 59.7 Å². The van der Waals surface area contributed by atoms with Crippen LogP contribution in [0, 0.1) is 6.92 Å². The molecule has 134 valence electrons. The van der Waals surface area contributed by atoms with E-state index in [0.29, 0.717) is 12.3 Å². The molecule has 5 nitrogen and oxygen atoms in total. The molecule has 0 aromatic heterocycles. The minimum Gasteiger partial charge on any atom is -0.375 e. The normalized spacial score (nSPS) is 18.2. The maximum atomic E-state index is 12.3. The fourth-order valence-corrected chi connectivity index (χ4v) is 4.11. The Labute approximate surface area is 149 Å². The monoisotopic (exact) mass is 360 g/mol. The number of nitrogens with one attached hydrogen (secondary N) is 1. The number of sulfonamides is 1. The van der Waals surface area contributed by atoms with E-state index in [1.54, 1.807) is 0 Å². The quantitative estimate of drug-likeness (QED) is 0.890. The summed E-state index contributed by atoms with van der Waals surface area (Å²) in [6.07, 6.45) is 0.210. The lowest BCUT2D eigenvalue weighted by molar-refractivity contribution is 0.0532. The summed E-state index contributed by atoms with van der Waals surface area (Å²) in [5.41, 5.74) is 3.55. The molecule has 0 saturated carbocycles. The van der Waals surface area contributed by atoms with Crippen molar-refractivity contribution in [1.29, 1.82) is 0 Å². The van der Waals surface area contributed by atoms with Gasteiger partial charge in [0, 0.05) is 24.5 Å². The van der Waals surface area contributed by atoms with E-state index in [4.69, 9.17) is 4.74 Å². The molecule has 2 aromatic rings. The highest BCUT2D eigenvalue weighted by molar-refractivity contribution is 7.91. The van der Waals surface area contributed by atoms with Gasteiger partial charge in [-0.15, -0.1) is 0 Å². The summed E-state index contributed by atoms with van der Waals surface area (Å²) in [7, 11) is -3.43. The molecule has 2 aromatic carbocycles. The lowest BCUT2D eigenvalue weighted by Crippen LogP contribution is -2.41. The van der Waals surface area contributed by atoms with Crippen molar-refractivity contribution >= 4 is 21.4 Å². The van der Waals surface area contributed by atoms with Gasteiger partial charge in [0.2, 0.25) is 10.0 Å². The van der Waals surface area contributed by atoms with Crippen molar-refractivity contribution in [2.45, 2.75) is 25.7 Å². The minimum absolute atomic E-state index is 0.0317. The highest BCUT2D eigenvalue weighted by Crippen LogP contribution is 2.21. The lowest BCUT2D eigenvalue weighted by atomic mass is 10.2. The summed E-state index contributed by atoms with van der Waals surface area (Å²) in [5.74, 6) is -0.0317. The second kappa shape index (κ2) is 7.45. The fourth-order valence-electron chi connectivity index (χ4n) is 2.91. The molecule has 1 N–H and O–H groups in total. The Morgan fingerprint density at radius 3 is 2.44 bits per heavy atom. The summed E-state index contributed by atoms with van der Waals surface area (Å²) in [5, 5.41) is 0. The molecule has 1 fully saturated rings. The SMILES string of the molecule is Cc1ccc(CS(=O)(=O)Nc2ccc(N3CCOC(C)C3)cc2)cc1. The molecule has 1 saturated heterocycles. The first-order valence-corrected chi connectivity index (χ1v) is 10.1. The Balaban J connectivity index is 1.64. The van der Waals surface area contributed by atoms with Crippen LogP contribution in [0.1, 0.15) is 18.1 Å². The second-order valence-corrected chi connectivity index (χ2v) is 8.24. The maximum Gasteiger partial charge on any atom is 0.236 e. The third-order valence-corrected chi connectivity index (χ3v) is 5.48. The third kappa shape index (κ3) is 4.96. The molecular formula is C19H24N2O3S. The van der Waals surface area contributed by atoms with Gasteiger partial charge < -0.3 is 9.64 Å². The average molecular weight is 360 g/mol. The number of hydrogen-bond acceptors (Lipinski definition) is 4. The van der Waals surface area contributed by atoms with Crippen LogP contribution in [0.3, 0.4) is 0 Å². The van der Waals surface area contributed by atoms with E-state index in [9.17, 15) is 8.42 Å². The Hall–Kier alpha value is -2.05. The van der Waals surface area contributed by atoms with Crippen molar-refractivity contribution < 1.29 is 13.2 Å². The first kappa shape index (κ1) is 17.8. The van der Waals surface area contributed by atoms with Gasteiger partial charge in [0.15, 0.2) is 0 Å². The number of benzene rings is 2. The van der Waals surface area contributed by atoms with Crippen LogP contribution in [-0.2, 0) is 20.5 Å². The van der Waals surface area contributed by atoms with Crippen molar-refractivity contribution in [3.63, 3.8) is 0 Å². The van der Waals surface area contributed by atoms with Crippen molar-refractivity contribution in [3.8, 4) is 0 Å². The third-order valence-electron chi connectivity index (χ3n) is 4.22.